The highest BCUT2D eigenvalue weighted by Gasteiger charge is 2.06. The summed E-state index contributed by atoms with van der Waals surface area (Å²) in [7, 11) is -4.94. The fourth-order valence-corrected chi connectivity index (χ4v) is 1.72. The Kier molecular flexibility index (Phi) is 3.46. The number of hydrogen-bond donors (Lipinski definition) is 1. The van der Waals surface area contributed by atoms with E-state index in [0.29, 0.717) is 0 Å². The maximum absolute atomic E-state index is 8.49. The quantitative estimate of drug-likeness (QED) is 0.479. The minimum Gasteiger partial charge on any atom is -0.349 e. The number of benzene rings is 1. The summed E-state index contributed by atoms with van der Waals surface area (Å²) in [4.78, 5) is 6.59. The van der Waals surface area contributed by atoms with Crippen molar-refractivity contribution in [2.24, 2.45) is 0 Å². The third-order valence-corrected chi connectivity index (χ3v) is 2.32. The molecule has 6 nitrogen and oxygen atoms in total. The molecule has 0 aliphatic heterocycles. The van der Waals surface area contributed by atoms with Crippen molar-refractivity contribution in [1.82, 2.24) is 4.98 Å². The van der Waals surface area contributed by atoms with E-state index in [1.807, 2.05) is 18.3 Å². The zero-order chi connectivity index (χ0) is 13.2. The lowest BCUT2D eigenvalue weighted by Gasteiger charge is -2.17. The van der Waals surface area contributed by atoms with Gasteiger partial charge in [-0.2, -0.15) is 0 Å². The third-order valence-electron chi connectivity index (χ3n) is 2.32. The van der Waals surface area contributed by atoms with Crippen molar-refractivity contribution >= 4 is 21.9 Å². The summed E-state index contributed by atoms with van der Waals surface area (Å²) >= 11 is 0. The number of rotatable bonds is 0. The molecule has 2 heterocycles. The predicted molar refractivity (Wildman–Crippen MR) is 52.4 cm³/mol. The molecule has 0 saturated heterocycles. The summed E-state index contributed by atoms with van der Waals surface area (Å²) in [5, 5.41) is 1.25. The van der Waals surface area contributed by atoms with Gasteiger partial charge in [-0.3, -0.25) is 0 Å². The summed E-state index contributed by atoms with van der Waals surface area (Å²) in [6, 6.07) is 12.4. The number of fused-ring (bicyclic) bond motifs is 3. The van der Waals surface area contributed by atoms with Crippen LogP contribution in [0.15, 0.2) is 42.6 Å². The van der Waals surface area contributed by atoms with Crippen LogP contribution in [0.1, 0.15) is 0 Å². The predicted octanol–water partition coefficient (Wildman–Crippen LogP) is -2.62. The second-order valence-corrected chi connectivity index (χ2v) is 4.26. The van der Waals surface area contributed by atoms with Gasteiger partial charge in [0.25, 0.3) is 0 Å². The van der Waals surface area contributed by atoms with Crippen LogP contribution < -0.4 is 23.6 Å². The van der Waals surface area contributed by atoms with Gasteiger partial charge in [-0.25, -0.2) is 23.6 Å². The topological polar surface area (TPSA) is 122 Å². The largest absolute Gasteiger partial charge is 0.349 e. The minimum absolute atomic E-state index is 1.16. The first-order chi connectivity index (χ1) is 8.45. The molecule has 0 atom stereocenters. The number of aromatic amines is 2. The van der Waals surface area contributed by atoms with Gasteiger partial charge in [0.1, 0.15) is 5.52 Å². The van der Waals surface area contributed by atoms with Crippen molar-refractivity contribution < 1.29 is 33.9 Å². The first-order valence-electron chi connectivity index (χ1n) is 4.94. The van der Waals surface area contributed by atoms with Gasteiger partial charge in [0, 0.05) is 6.07 Å². The van der Waals surface area contributed by atoms with Crippen LogP contribution in [-0.4, -0.2) is 4.98 Å². The van der Waals surface area contributed by atoms with Gasteiger partial charge in [-0.05, 0) is 18.2 Å². The molecule has 7 heteroatoms. The number of halogens is 1. The first-order valence-corrected chi connectivity index (χ1v) is 6.17. The lowest BCUT2D eigenvalue weighted by Crippen LogP contribution is -2.68. The van der Waals surface area contributed by atoms with Crippen molar-refractivity contribution in [2.45, 2.75) is 0 Å². The molecule has 2 N–H and O–H groups in total. The lowest BCUT2D eigenvalue weighted by atomic mass is 10.2. The molecule has 0 spiro atoms. The molecule has 3 rings (SSSR count). The molecule has 0 saturated carbocycles. The Balaban J connectivity index is 0.000000209. The van der Waals surface area contributed by atoms with Crippen LogP contribution in [0.4, 0.5) is 0 Å². The maximum Gasteiger partial charge on any atom is 0.236 e. The summed E-state index contributed by atoms with van der Waals surface area (Å²) in [6.45, 7) is 0. The summed E-state index contributed by atoms with van der Waals surface area (Å²) < 4.78 is 34.0. The van der Waals surface area contributed by atoms with E-state index in [1.165, 1.54) is 16.4 Å². The molecule has 18 heavy (non-hydrogen) atoms. The molecule has 0 radical (unpaired) electrons. The molecular weight excluding hydrogens is 260 g/mol. The Morgan fingerprint density at radius 3 is 2.22 bits per heavy atom. The van der Waals surface area contributed by atoms with Crippen molar-refractivity contribution in [3.8, 4) is 0 Å². The Bertz CT molecular complexity index is 606. The summed E-state index contributed by atoms with van der Waals surface area (Å²) in [6.07, 6.45) is 1.95. The molecule has 0 bridgehead atoms. The fourth-order valence-electron chi connectivity index (χ4n) is 1.72. The van der Waals surface area contributed by atoms with Crippen molar-refractivity contribution in [3.63, 3.8) is 0 Å². The molecule has 0 aliphatic rings. The van der Waals surface area contributed by atoms with Gasteiger partial charge in [0.05, 0.1) is 10.9 Å². The number of para-hydroxylation sites is 1. The highest BCUT2D eigenvalue weighted by Crippen LogP contribution is 2.20. The number of nitrogens with one attached hydrogen (secondary N) is 2. The SMILES string of the molecule is [O-][Cl+3]([O-])([O-])[O-].c1ccc2c(c1)[nH]c1ccc[nH+]c12. The number of aromatic nitrogens is 2. The second kappa shape index (κ2) is 4.89. The Labute approximate surface area is 104 Å². The van der Waals surface area contributed by atoms with Crippen molar-refractivity contribution in [2.75, 3.05) is 0 Å². The second-order valence-electron chi connectivity index (χ2n) is 3.51. The standard InChI is InChI=1S/C11H8N2.ClHO4/c1-2-5-9-8(4-1)11-10(13-9)6-3-7-12-11;2-1(3,4)5/h1-7,13H;(H,2,3,4,5). The van der Waals surface area contributed by atoms with Crippen LogP contribution in [0.2, 0.25) is 0 Å². The summed E-state index contributed by atoms with van der Waals surface area (Å²) in [5.41, 5.74) is 3.52. The van der Waals surface area contributed by atoms with E-state index in [4.69, 9.17) is 18.6 Å². The Morgan fingerprint density at radius 1 is 0.889 bits per heavy atom. The number of H-pyrrole nitrogens is 2. The normalized spacial score (nSPS) is 11.3. The fraction of sp³-hybridized carbons (Fsp3) is 0. The highest BCUT2D eigenvalue weighted by molar-refractivity contribution is 6.02. The zero-order valence-electron chi connectivity index (χ0n) is 9.05. The number of hydrogen-bond acceptors (Lipinski definition) is 4. The van der Waals surface area contributed by atoms with E-state index in [0.717, 1.165) is 5.52 Å². The maximum atomic E-state index is 8.49. The molecule has 0 fully saturated rings. The van der Waals surface area contributed by atoms with Crippen LogP contribution in [0, 0.1) is 10.2 Å². The monoisotopic (exact) mass is 268 g/mol. The van der Waals surface area contributed by atoms with Crippen molar-refractivity contribution in [1.29, 1.82) is 0 Å². The highest BCUT2D eigenvalue weighted by atomic mass is 35.7. The van der Waals surface area contributed by atoms with Crippen molar-refractivity contribution in [3.05, 3.63) is 42.6 Å². The molecule has 0 amide bonds. The van der Waals surface area contributed by atoms with Crippen LogP contribution in [0.25, 0.3) is 21.9 Å². The van der Waals surface area contributed by atoms with E-state index in [2.05, 4.69) is 34.2 Å². The average molecular weight is 269 g/mol. The van der Waals surface area contributed by atoms with E-state index >= 15 is 0 Å². The van der Waals surface area contributed by atoms with E-state index in [9.17, 15) is 0 Å². The van der Waals surface area contributed by atoms with E-state index in [1.54, 1.807) is 0 Å². The molecule has 1 aromatic carbocycles. The Hall–Kier alpha value is -1.70. The van der Waals surface area contributed by atoms with Crippen LogP contribution >= 0.6 is 0 Å². The number of pyridine rings is 1. The van der Waals surface area contributed by atoms with Crippen LogP contribution in [0.5, 0.6) is 0 Å². The third kappa shape index (κ3) is 3.16. The molecule has 0 unspecified atom stereocenters. The van der Waals surface area contributed by atoms with E-state index in [-0.39, 0.29) is 0 Å². The Morgan fingerprint density at radius 2 is 1.50 bits per heavy atom. The smallest absolute Gasteiger partial charge is 0.236 e. The molecular formula is C11H9ClN2O4. The average Bonchev–Trinajstić information content (AvgIpc) is 2.65. The summed E-state index contributed by atoms with van der Waals surface area (Å²) in [5.74, 6) is 0. The van der Waals surface area contributed by atoms with Gasteiger partial charge in [-0.1, -0.05) is 12.1 Å². The van der Waals surface area contributed by atoms with Gasteiger partial charge in [-0.15, -0.1) is 10.2 Å². The van der Waals surface area contributed by atoms with Gasteiger partial charge in [0.2, 0.25) is 5.52 Å². The molecule has 94 valence electrons. The molecule has 0 aliphatic carbocycles. The minimum atomic E-state index is -4.94. The van der Waals surface area contributed by atoms with Gasteiger partial charge in [0.15, 0.2) is 6.20 Å². The molecule has 2 aromatic heterocycles. The van der Waals surface area contributed by atoms with Gasteiger partial charge < -0.3 is 4.98 Å². The lowest BCUT2D eigenvalue weighted by molar-refractivity contribution is -2.00. The van der Waals surface area contributed by atoms with E-state index < -0.39 is 10.2 Å². The molecule has 3 aromatic rings. The van der Waals surface area contributed by atoms with Crippen LogP contribution in [0.3, 0.4) is 0 Å². The van der Waals surface area contributed by atoms with Gasteiger partial charge >= 0.3 is 0 Å². The zero-order valence-corrected chi connectivity index (χ0v) is 9.81. The van der Waals surface area contributed by atoms with Crippen LogP contribution in [-0.2, 0) is 0 Å². The first kappa shape index (κ1) is 12.7.